The molecule has 2 aliphatic heterocycles. The lowest BCUT2D eigenvalue weighted by Crippen LogP contribution is -2.35. The van der Waals surface area contributed by atoms with Crippen molar-refractivity contribution in [1.29, 1.82) is 0 Å². The van der Waals surface area contributed by atoms with E-state index in [1.807, 2.05) is 36.4 Å². The fourth-order valence-corrected chi connectivity index (χ4v) is 3.92. The number of pyridine rings is 1. The zero-order valence-corrected chi connectivity index (χ0v) is 15.2. The van der Waals surface area contributed by atoms with Crippen molar-refractivity contribution in [2.75, 3.05) is 20.3 Å². The van der Waals surface area contributed by atoms with Gasteiger partial charge in [0.25, 0.3) is 6.29 Å². The van der Waals surface area contributed by atoms with E-state index in [-0.39, 0.29) is 5.60 Å². The SMILES string of the molecule is COC1(c2ccc3c(c2)OC(c2ccc4ncccc4c2)O3)CCOCC1. The molecule has 1 atom stereocenters. The first-order valence-electron chi connectivity index (χ1n) is 9.23. The van der Waals surface area contributed by atoms with E-state index in [0.29, 0.717) is 13.2 Å². The number of fused-ring (bicyclic) bond motifs is 2. The van der Waals surface area contributed by atoms with Crippen LogP contribution >= 0.6 is 0 Å². The summed E-state index contributed by atoms with van der Waals surface area (Å²) in [5.74, 6) is 1.51. The van der Waals surface area contributed by atoms with E-state index in [1.54, 1.807) is 13.3 Å². The smallest absolute Gasteiger partial charge is 0.267 e. The molecule has 138 valence electrons. The number of nitrogens with zero attached hydrogens (tertiary/aromatic N) is 1. The quantitative estimate of drug-likeness (QED) is 0.692. The molecule has 3 heterocycles. The van der Waals surface area contributed by atoms with E-state index in [4.69, 9.17) is 18.9 Å². The predicted octanol–water partition coefficient (Wildman–Crippen LogP) is 4.36. The van der Waals surface area contributed by atoms with Crippen molar-refractivity contribution in [3.8, 4) is 11.5 Å². The van der Waals surface area contributed by atoms with Crippen LogP contribution in [0.5, 0.6) is 11.5 Å². The summed E-state index contributed by atoms with van der Waals surface area (Å²) in [6, 6.07) is 16.1. The Labute approximate surface area is 157 Å². The van der Waals surface area contributed by atoms with Gasteiger partial charge in [-0.3, -0.25) is 4.98 Å². The van der Waals surface area contributed by atoms with Crippen molar-refractivity contribution in [2.24, 2.45) is 0 Å². The molecule has 3 aromatic rings. The zero-order chi connectivity index (χ0) is 18.3. The minimum absolute atomic E-state index is 0.316. The highest BCUT2D eigenvalue weighted by Gasteiger charge is 2.36. The van der Waals surface area contributed by atoms with Gasteiger partial charge in [-0.1, -0.05) is 12.1 Å². The van der Waals surface area contributed by atoms with Gasteiger partial charge in [-0.25, -0.2) is 0 Å². The molecule has 0 bridgehead atoms. The maximum Gasteiger partial charge on any atom is 0.267 e. The van der Waals surface area contributed by atoms with Crippen LogP contribution in [0.25, 0.3) is 10.9 Å². The fraction of sp³-hybridized carbons (Fsp3) is 0.318. The molecule has 1 fully saturated rings. The van der Waals surface area contributed by atoms with Gasteiger partial charge in [-0.05, 0) is 42.0 Å². The molecule has 2 aromatic carbocycles. The highest BCUT2D eigenvalue weighted by Crippen LogP contribution is 2.45. The number of hydrogen-bond donors (Lipinski definition) is 0. The van der Waals surface area contributed by atoms with Crippen LogP contribution in [0.2, 0.25) is 0 Å². The molecule has 0 N–H and O–H groups in total. The number of ether oxygens (including phenoxy) is 4. The third-order valence-corrected chi connectivity index (χ3v) is 5.53. The fourth-order valence-electron chi connectivity index (χ4n) is 3.92. The molecule has 5 rings (SSSR count). The number of hydrogen-bond acceptors (Lipinski definition) is 5. The van der Waals surface area contributed by atoms with Gasteiger partial charge in [0.1, 0.15) is 0 Å². The predicted molar refractivity (Wildman–Crippen MR) is 101 cm³/mol. The summed E-state index contributed by atoms with van der Waals surface area (Å²) < 4.78 is 23.6. The van der Waals surface area contributed by atoms with Gasteiger partial charge in [-0.15, -0.1) is 0 Å². The molecular weight excluding hydrogens is 342 g/mol. The van der Waals surface area contributed by atoms with Crippen LogP contribution in [0.1, 0.15) is 30.3 Å². The van der Waals surface area contributed by atoms with E-state index < -0.39 is 6.29 Å². The van der Waals surface area contributed by atoms with Crippen LogP contribution in [0.15, 0.2) is 54.7 Å². The Morgan fingerprint density at radius 3 is 2.70 bits per heavy atom. The Kier molecular flexibility index (Phi) is 3.99. The summed E-state index contributed by atoms with van der Waals surface area (Å²) in [4.78, 5) is 4.36. The molecule has 0 aliphatic carbocycles. The summed E-state index contributed by atoms with van der Waals surface area (Å²) in [5, 5.41) is 1.07. The summed E-state index contributed by atoms with van der Waals surface area (Å²) in [6.45, 7) is 1.41. The monoisotopic (exact) mass is 363 g/mol. The van der Waals surface area contributed by atoms with Crippen molar-refractivity contribution < 1.29 is 18.9 Å². The van der Waals surface area contributed by atoms with Crippen molar-refractivity contribution in [3.63, 3.8) is 0 Å². The number of benzene rings is 2. The molecule has 27 heavy (non-hydrogen) atoms. The second kappa shape index (κ2) is 6.51. The maximum atomic E-state index is 6.13. The summed E-state index contributed by atoms with van der Waals surface area (Å²) in [6.07, 6.45) is 3.02. The second-order valence-electron chi connectivity index (χ2n) is 7.00. The van der Waals surface area contributed by atoms with Crippen LogP contribution in [-0.4, -0.2) is 25.3 Å². The normalized spacial score (nSPS) is 20.7. The molecule has 0 spiro atoms. The standard InChI is InChI=1S/C22H21NO4/c1-24-22(8-11-25-12-9-22)17-5-7-19-20(14-17)27-21(26-19)16-4-6-18-15(13-16)3-2-10-23-18/h2-7,10,13-14,21H,8-9,11-12H2,1H3. The second-order valence-corrected chi connectivity index (χ2v) is 7.00. The van der Waals surface area contributed by atoms with Crippen molar-refractivity contribution in [2.45, 2.75) is 24.7 Å². The average Bonchev–Trinajstić information content (AvgIpc) is 3.17. The van der Waals surface area contributed by atoms with Gasteiger partial charge >= 0.3 is 0 Å². The molecule has 5 heteroatoms. The molecule has 0 saturated carbocycles. The van der Waals surface area contributed by atoms with E-state index >= 15 is 0 Å². The lowest BCUT2D eigenvalue weighted by atomic mass is 9.86. The molecular formula is C22H21NO4. The van der Waals surface area contributed by atoms with Gasteiger partial charge in [0.2, 0.25) is 0 Å². The first-order chi connectivity index (χ1) is 13.3. The van der Waals surface area contributed by atoms with Gasteiger partial charge in [0, 0.05) is 50.3 Å². The molecule has 2 aliphatic rings. The lowest BCUT2D eigenvalue weighted by molar-refractivity contribution is -0.0948. The van der Waals surface area contributed by atoms with Crippen LogP contribution in [0.4, 0.5) is 0 Å². The van der Waals surface area contributed by atoms with E-state index in [9.17, 15) is 0 Å². The highest BCUT2D eigenvalue weighted by molar-refractivity contribution is 5.79. The van der Waals surface area contributed by atoms with E-state index in [2.05, 4.69) is 17.1 Å². The Morgan fingerprint density at radius 1 is 1.00 bits per heavy atom. The van der Waals surface area contributed by atoms with Crippen LogP contribution in [-0.2, 0) is 15.1 Å². The maximum absolute atomic E-state index is 6.13. The van der Waals surface area contributed by atoms with Gasteiger partial charge in [-0.2, -0.15) is 0 Å². The number of aromatic nitrogens is 1. The van der Waals surface area contributed by atoms with Crippen LogP contribution in [0.3, 0.4) is 0 Å². The van der Waals surface area contributed by atoms with Crippen molar-refractivity contribution >= 4 is 10.9 Å². The summed E-state index contributed by atoms with van der Waals surface area (Å²) >= 11 is 0. The third-order valence-electron chi connectivity index (χ3n) is 5.53. The first-order valence-corrected chi connectivity index (χ1v) is 9.23. The lowest BCUT2D eigenvalue weighted by Gasteiger charge is -2.36. The average molecular weight is 363 g/mol. The zero-order valence-electron chi connectivity index (χ0n) is 15.2. The van der Waals surface area contributed by atoms with Crippen molar-refractivity contribution in [3.05, 3.63) is 65.9 Å². The van der Waals surface area contributed by atoms with E-state index in [0.717, 1.165) is 46.4 Å². The molecule has 1 unspecified atom stereocenters. The van der Waals surface area contributed by atoms with Gasteiger partial charge in [0.15, 0.2) is 11.5 Å². The Bertz CT molecular complexity index is 981. The molecule has 1 saturated heterocycles. The van der Waals surface area contributed by atoms with Crippen LogP contribution < -0.4 is 9.47 Å². The van der Waals surface area contributed by atoms with Gasteiger partial charge < -0.3 is 18.9 Å². The van der Waals surface area contributed by atoms with E-state index in [1.165, 1.54) is 0 Å². The molecule has 0 amide bonds. The minimum atomic E-state index is -0.451. The van der Waals surface area contributed by atoms with Crippen LogP contribution in [0, 0.1) is 0 Å². The molecule has 5 nitrogen and oxygen atoms in total. The highest BCUT2D eigenvalue weighted by atomic mass is 16.7. The molecule has 1 aromatic heterocycles. The topological polar surface area (TPSA) is 49.8 Å². The number of methoxy groups -OCH3 is 1. The van der Waals surface area contributed by atoms with Gasteiger partial charge in [0.05, 0.1) is 11.1 Å². The Hall–Kier alpha value is -2.63. The van der Waals surface area contributed by atoms with Crippen molar-refractivity contribution in [1.82, 2.24) is 4.98 Å². The first kappa shape index (κ1) is 16.5. The summed E-state index contributed by atoms with van der Waals surface area (Å²) in [5.41, 5.74) is 2.73. The third kappa shape index (κ3) is 2.83. The Morgan fingerprint density at radius 2 is 1.85 bits per heavy atom. The Balaban J connectivity index is 1.44. The number of rotatable bonds is 3. The molecule has 0 radical (unpaired) electrons. The largest absolute Gasteiger partial charge is 0.447 e. The summed E-state index contributed by atoms with van der Waals surface area (Å²) in [7, 11) is 1.77. The minimum Gasteiger partial charge on any atom is -0.447 e.